The van der Waals surface area contributed by atoms with Crippen LogP contribution in [0.4, 0.5) is 0 Å². The minimum Gasteiger partial charge on any atom is -0.504 e. The number of ether oxygens (including phenoxy) is 1. The molecule has 0 atom stereocenters. The Morgan fingerprint density at radius 1 is 1.38 bits per heavy atom. The van der Waals surface area contributed by atoms with E-state index in [0.717, 1.165) is 6.42 Å². The van der Waals surface area contributed by atoms with E-state index in [1.165, 1.54) is 0 Å². The third-order valence-corrected chi connectivity index (χ3v) is 2.20. The fraction of sp³-hybridized carbons (Fsp3) is 0.250. The van der Waals surface area contributed by atoms with Crippen LogP contribution in [0.25, 0.3) is 11.0 Å². The number of rotatable bonds is 3. The van der Waals surface area contributed by atoms with Crippen LogP contribution in [0.5, 0.6) is 11.5 Å². The molecule has 1 N–H and O–H groups in total. The maximum absolute atomic E-state index is 11.5. The van der Waals surface area contributed by atoms with Crippen molar-refractivity contribution in [3.63, 3.8) is 0 Å². The van der Waals surface area contributed by atoms with Gasteiger partial charge in [0.2, 0.25) is 5.75 Å². The van der Waals surface area contributed by atoms with Gasteiger partial charge in [-0.3, -0.25) is 0 Å². The van der Waals surface area contributed by atoms with Gasteiger partial charge in [-0.05, 0) is 18.6 Å². The maximum Gasteiger partial charge on any atom is 0.383 e. The molecule has 1 heterocycles. The third kappa shape index (κ3) is 1.74. The van der Waals surface area contributed by atoms with Crippen molar-refractivity contribution in [1.29, 1.82) is 0 Å². The summed E-state index contributed by atoms with van der Waals surface area (Å²) in [4.78, 5) is 11.5. The van der Waals surface area contributed by atoms with Crippen LogP contribution in [-0.2, 0) is 0 Å². The van der Waals surface area contributed by atoms with Crippen molar-refractivity contribution in [3.8, 4) is 11.5 Å². The molecule has 0 fully saturated rings. The second-order valence-corrected chi connectivity index (χ2v) is 3.41. The zero-order valence-corrected chi connectivity index (χ0v) is 8.90. The fourth-order valence-corrected chi connectivity index (χ4v) is 1.45. The van der Waals surface area contributed by atoms with Crippen molar-refractivity contribution in [2.24, 2.45) is 0 Å². The molecule has 0 aliphatic heterocycles. The Labute approximate surface area is 92.1 Å². The lowest BCUT2D eigenvalue weighted by Gasteiger charge is -2.06. The minimum atomic E-state index is -0.648. The van der Waals surface area contributed by atoms with Gasteiger partial charge in [-0.25, -0.2) is 4.79 Å². The average molecular weight is 220 g/mol. The smallest absolute Gasteiger partial charge is 0.383 e. The molecular formula is C12H12O4. The number of para-hydroxylation sites is 1. The second-order valence-electron chi connectivity index (χ2n) is 3.41. The first kappa shape index (κ1) is 10.5. The Morgan fingerprint density at radius 3 is 2.88 bits per heavy atom. The molecule has 0 saturated carbocycles. The maximum atomic E-state index is 11.5. The van der Waals surface area contributed by atoms with Crippen LogP contribution in [0.3, 0.4) is 0 Å². The Hall–Kier alpha value is -1.97. The summed E-state index contributed by atoms with van der Waals surface area (Å²) in [6.45, 7) is 2.29. The average Bonchev–Trinajstić information content (AvgIpc) is 2.29. The molecule has 0 aliphatic carbocycles. The molecule has 1 aromatic heterocycles. The van der Waals surface area contributed by atoms with Gasteiger partial charge in [0, 0.05) is 0 Å². The summed E-state index contributed by atoms with van der Waals surface area (Å²) in [5.41, 5.74) is -0.293. The number of hydrogen-bond donors (Lipinski definition) is 1. The van der Waals surface area contributed by atoms with Gasteiger partial charge in [-0.2, -0.15) is 0 Å². The topological polar surface area (TPSA) is 59.7 Å². The van der Waals surface area contributed by atoms with Gasteiger partial charge in [0.1, 0.15) is 5.58 Å². The van der Waals surface area contributed by atoms with Crippen LogP contribution in [0.1, 0.15) is 13.3 Å². The molecule has 0 amide bonds. The van der Waals surface area contributed by atoms with Gasteiger partial charge in [0.15, 0.2) is 5.75 Å². The number of fused-ring (bicyclic) bond motifs is 1. The summed E-state index contributed by atoms with van der Waals surface area (Å²) in [7, 11) is 0. The summed E-state index contributed by atoms with van der Waals surface area (Å²) in [5, 5.41) is 10.4. The standard InChI is InChI=1S/C12H12O4/c1-2-7-15-11-10(13)8-5-3-4-6-9(8)16-12(11)14/h3-6,13H,2,7H2,1H3. The van der Waals surface area contributed by atoms with Gasteiger partial charge in [-0.15, -0.1) is 0 Å². The van der Waals surface area contributed by atoms with Gasteiger partial charge in [-0.1, -0.05) is 19.1 Å². The third-order valence-electron chi connectivity index (χ3n) is 2.20. The second kappa shape index (κ2) is 4.26. The van der Waals surface area contributed by atoms with Crippen molar-refractivity contribution in [3.05, 3.63) is 34.7 Å². The highest BCUT2D eigenvalue weighted by Gasteiger charge is 2.14. The molecular weight excluding hydrogens is 208 g/mol. The highest BCUT2D eigenvalue weighted by Crippen LogP contribution is 2.30. The molecule has 0 unspecified atom stereocenters. The molecule has 16 heavy (non-hydrogen) atoms. The van der Waals surface area contributed by atoms with Crippen LogP contribution in [0.15, 0.2) is 33.5 Å². The molecule has 0 bridgehead atoms. The lowest BCUT2D eigenvalue weighted by molar-refractivity contribution is 0.285. The van der Waals surface area contributed by atoms with Crippen LogP contribution < -0.4 is 10.4 Å². The normalized spacial score (nSPS) is 10.6. The fourth-order valence-electron chi connectivity index (χ4n) is 1.45. The lowest BCUT2D eigenvalue weighted by atomic mass is 10.2. The first-order chi connectivity index (χ1) is 7.74. The largest absolute Gasteiger partial charge is 0.504 e. The minimum absolute atomic E-state index is 0.111. The Balaban J connectivity index is 2.61. The van der Waals surface area contributed by atoms with Crippen LogP contribution in [0, 0.1) is 0 Å². The van der Waals surface area contributed by atoms with Gasteiger partial charge < -0.3 is 14.3 Å². The molecule has 2 rings (SSSR count). The monoisotopic (exact) mass is 220 g/mol. The van der Waals surface area contributed by atoms with Crippen molar-refractivity contribution in [2.45, 2.75) is 13.3 Å². The van der Waals surface area contributed by atoms with Crippen molar-refractivity contribution in [1.82, 2.24) is 0 Å². The lowest BCUT2D eigenvalue weighted by Crippen LogP contribution is -2.07. The first-order valence-electron chi connectivity index (χ1n) is 5.11. The van der Waals surface area contributed by atoms with E-state index < -0.39 is 5.63 Å². The predicted molar refractivity (Wildman–Crippen MR) is 59.9 cm³/mol. The molecule has 0 spiro atoms. The van der Waals surface area contributed by atoms with Crippen LogP contribution >= 0.6 is 0 Å². The number of benzene rings is 1. The van der Waals surface area contributed by atoms with Crippen molar-refractivity contribution in [2.75, 3.05) is 6.61 Å². The van der Waals surface area contributed by atoms with E-state index in [1.807, 2.05) is 6.92 Å². The summed E-state index contributed by atoms with van der Waals surface area (Å²) < 4.78 is 10.2. The molecule has 4 heteroatoms. The van der Waals surface area contributed by atoms with Crippen molar-refractivity contribution >= 4 is 11.0 Å². The van der Waals surface area contributed by atoms with Gasteiger partial charge >= 0.3 is 5.63 Å². The molecule has 2 aromatic rings. The van der Waals surface area contributed by atoms with Gasteiger partial charge in [0.25, 0.3) is 0 Å². The Bertz CT molecular complexity index is 556. The summed E-state index contributed by atoms with van der Waals surface area (Å²) in [5.74, 6) is -0.263. The zero-order valence-electron chi connectivity index (χ0n) is 8.90. The van der Waals surface area contributed by atoms with Crippen molar-refractivity contribution < 1.29 is 14.3 Å². The van der Waals surface area contributed by atoms with Crippen LogP contribution in [-0.4, -0.2) is 11.7 Å². The molecule has 0 aliphatic rings. The molecule has 4 nitrogen and oxygen atoms in total. The van der Waals surface area contributed by atoms with E-state index in [0.29, 0.717) is 17.6 Å². The van der Waals surface area contributed by atoms with Gasteiger partial charge in [0.05, 0.1) is 12.0 Å². The van der Waals surface area contributed by atoms with E-state index in [4.69, 9.17) is 9.15 Å². The van der Waals surface area contributed by atoms with E-state index in [2.05, 4.69) is 0 Å². The quantitative estimate of drug-likeness (QED) is 0.806. The first-order valence-corrected chi connectivity index (χ1v) is 5.11. The zero-order chi connectivity index (χ0) is 11.5. The number of aromatic hydroxyl groups is 1. The summed E-state index contributed by atoms with van der Waals surface area (Å²) in [6.07, 6.45) is 0.756. The Kier molecular flexibility index (Phi) is 2.81. The number of hydrogen-bond acceptors (Lipinski definition) is 4. The molecule has 84 valence electrons. The SMILES string of the molecule is CCCOc1c(O)c2ccccc2oc1=O. The molecule has 0 radical (unpaired) electrons. The predicted octanol–water partition coefficient (Wildman–Crippen LogP) is 2.29. The molecule has 0 saturated heterocycles. The van der Waals surface area contributed by atoms with E-state index in [-0.39, 0.29) is 11.5 Å². The summed E-state index contributed by atoms with van der Waals surface area (Å²) >= 11 is 0. The summed E-state index contributed by atoms with van der Waals surface area (Å²) in [6, 6.07) is 6.79. The highest BCUT2D eigenvalue weighted by atomic mass is 16.5. The Morgan fingerprint density at radius 2 is 2.12 bits per heavy atom. The molecule has 1 aromatic carbocycles. The van der Waals surface area contributed by atoms with E-state index >= 15 is 0 Å². The van der Waals surface area contributed by atoms with E-state index in [9.17, 15) is 9.90 Å². The van der Waals surface area contributed by atoms with E-state index in [1.54, 1.807) is 24.3 Å². The highest BCUT2D eigenvalue weighted by molar-refractivity contribution is 5.84. The van der Waals surface area contributed by atoms with Crippen LogP contribution in [0.2, 0.25) is 0 Å².